The standard InChI is InChI=1S/C21H29Cl5N2O7/c1-6-13(29)27-12(8-10(3)21(24,25)26)17(31)28-11(7-9(2)16(22)23)15(30)14-18(32)34-20(4,5)35-19(14)33/h9-12,16,30H,6-8H2,1-5H3,(H,27,29)(H,28,31)/t9-,10-,11-,12+/m0/s1. The molecule has 1 heterocycles. The summed E-state index contributed by atoms with van der Waals surface area (Å²) in [7, 11) is 0. The van der Waals surface area contributed by atoms with Gasteiger partial charge < -0.3 is 25.2 Å². The van der Waals surface area contributed by atoms with Crippen molar-refractivity contribution in [2.45, 2.75) is 80.4 Å². The highest BCUT2D eigenvalue weighted by molar-refractivity contribution is 6.67. The molecule has 0 radical (unpaired) electrons. The van der Waals surface area contributed by atoms with Crippen LogP contribution in [0.3, 0.4) is 0 Å². The topological polar surface area (TPSA) is 131 Å². The van der Waals surface area contributed by atoms with E-state index >= 15 is 0 Å². The number of cyclic esters (lactones) is 2. The summed E-state index contributed by atoms with van der Waals surface area (Å²) >= 11 is 29.6. The third kappa shape index (κ3) is 9.69. The van der Waals surface area contributed by atoms with E-state index in [-0.39, 0.29) is 19.3 Å². The highest BCUT2D eigenvalue weighted by Gasteiger charge is 2.43. The van der Waals surface area contributed by atoms with Gasteiger partial charge in [-0.15, -0.1) is 23.2 Å². The summed E-state index contributed by atoms with van der Waals surface area (Å²) in [5.74, 6) is -7.00. The van der Waals surface area contributed by atoms with Crippen molar-refractivity contribution in [2.24, 2.45) is 11.8 Å². The molecule has 1 saturated heterocycles. The number of hydrogen-bond donors (Lipinski definition) is 3. The first-order valence-electron chi connectivity index (χ1n) is 10.7. The van der Waals surface area contributed by atoms with Crippen molar-refractivity contribution in [1.29, 1.82) is 0 Å². The molecule has 9 nitrogen and oxygen atoms in total. The SMILES string of the molecule is CCC(=O)N[C@H](C[C@H](C)C(Cl)(Cl)Cl)C(=O)N[C@@H](C[C@H](C)C(Cl)Cl)C(O)=C1C(=O)OC(C)(C)OC1=O. The van der Waals surface area contributed by atoms with E-state index in [1.807, 2.05) is 0 Å². The minimum Gasteiger partial charge on any atom is -0.509 e. The largest absolute Gasteiger partial charge is 0.509 e. The maximum atomic E-state index is 13.2. The predicted molar refractivity (Wildman–Crippen MR) is 133 cm³/mol. The number of alkyl halides is 5. The fourth-order valence-electron chi connectivity index (χ4n) is 3.04. The van der Waals surface area contributed by atoms with Gasteiger partial charge in [0.1, 0.15) is 16.6 Å². The van der Waals surface area contributed by atoms with Gasteiger partial charge in [0.25, 0.3) is 5.79 Å². The first kappa shape index (κ1) is 31.9. The van der Waals surface area contributed by atoms with E-state index in [9.17, 15) is 24.3 Å². The number of amides is 2. The van der Waals surface area contributed by atoms with Crippen LogP contribution < -0.4 is 10.6 Å². The highest BCUT2D eigenvalue weighted by Crippen LogP contribution is 2.37. The number of halogens is 5. The highest BCUT2D eigenvalue weighted by atomic mass is 35.6. The van der Waals surface area contributed by atoms with Gasteiger partial charge in [-0.05, 0) is 18.8 Å². The number of aliphatic hydroxyl groups is 1. The molecule has 1 fully saturated rings. The van der Waals surface area contributed by atoms with Crippen LogP contribution in [0.1, 0.15) is 53.9 Å². The molecule has 0 aromatic heterocycles. The fraction of sp³-hybridized carbons (Fsp3) is 0.714. The van der Waals surface area contributed by atoms with Crippen LogP contribution in [-0.4, -0.2) is 55.4 Å². The van der Waals surface area contributed by atoms with Crippen molar-refractivity contribution in [3.8, 4) is 0 Å². The predicted octanol–water partition coefficient (Wildman–Crippen LogP) is 4.24. The smallest absolute Gasteiger partial charge is 0.352 e. The summed E-state index contributed by atoms with van der Waals surface area (Å²) in [5, 5.41) is 15.9. The Hall–Kier alpha value is -1.13. The summed E-state index contributed by atoms with van der Waals surface area (Å²) < 4.78 is 8.33. The zero-order valence-corrected chi connectivity index (χ0v) is 23.6. The second-order valence-corrected chi connectivity index (χ2v) is 12.2. The number of hydrogen-bond acceptors (Lipinski definition) is 7. The lowest BCUT2D eigenvalue weighted by Gasteiger charge is -2.32. The summed E-state index contributed by atoms with van der Waals surface area (Å²) in [5.41, 5.74) is -0.786. The zero-order chi connectivity index (χ0) is 27.3. The van der Waals surface area contributed by atoms with Crippen LogP contribution >= 0.6 is 58.0 Å². The first-order chi connectivity index (χ1) is 15.9. The lowest BCUT2D eigenvalue weighted by Crippen LogP contribution is -2.52. The van der Waals surface area contributed by atoms with Crippen LogP contribution in [0, 0.1) is 11.8 Å². The van der Waals surface area contributed by atoms with Gasteiger partial charge in [0, 0.05) is 26.2 Å². The van der Waals surface area contributed by atoms with Crippen molar-refractivity contribution in [3.05, 3.63) is 11.3 Å². The van der Waals surface area contributed by atoms with E-state index in [0.717, 1.165) is 0 Å². The Balaban J connectivity index is 3.35. The van der Waals surface area contributed by atoms with E-state index in [0.29, 0.717) is 0 Å². The third-order valence-corrected chi connectivity index (χ3v) is 7.12. The second kappa shape index (κ2) is 12.9. The molecule has 14 heteroatoms. The Kier molecular flexibility index (Phi) is 11.8. The molecule has 0 aliphatic carbocycles. The molecule has 4 atom stereocenters. The van der Waals surface area contributed by atoms with Gasteiger partial charge in [-0.1, -0.05) is 55.6 Å². The molecule has 0 spiro atoms. The van der Waals surface area contributed by atoms with Crippen molar-refractivity contribution < 1.29 is 33.8 Å². The van der Waals surface area contributed by atoms with E-state index in [2.05, 4.69) is 10.6 Å². The van der Waals surface area contributed by atoms with Crippen LogP contribution in [0.15, 0.2) is 11.3 Å². The van der Waals surface area contributed by atoms with Crippen molar-refractivity contribution in [1.82, 2.24) is 10.6 Å². The van der Waals surface area contributed by atoms with Crippen LogP contribution in [0.2, 0.25) is 0 Å². The Morgan fingerprint density at radius 2 is 1.51 bits per heavy atom. The van der Waals surface area contributed by atoms with Gasteiger partial charge in [0.2, 0.25) is 11.8 Å². The van der Waals surface area contributed by atoms with Crippen LogP contribution in [0.4, 0.5) is 0 Å². The first-order valence-corrected chi connectivity index (χ1v) is 12.7. The van der Waals surface area contributed by atoms with E-state index in [1.165, 1.54) is 13.8 Å². The molecule has 0 saturated carbocycles. The Morgan fingerprint density at radius 1 is 1.00 bits per heavy atom. The second-order valence-electron chi connectivity index (χ2n) is 8.70. The lowest BCUT2D eigenvalue weighted by molar-refractivity contribution is -0.222. The summed E-state index contributed by atoms with van der Waals surface area (Å²) in [6.07, 6.45) is -0.0773. The summed E-state index contributed by atoms with van der Waals surface area (Å²) in [4.78, 5) is 49.2. The third-order valence-electron chi connectivity index (χ3n) is 5.15. The Labute approximate surface area is 229 Å². The molecule has 35 heavy (non-hydrogen) atoms. The molecule has 0 aromatic carbocycles. The number of carbonyl (C=O) groups is 4. The molecular weight excluding hydrogens is 570 g/mol. The van der Waals surface area contributed by atoms with Gasteiger partial charge >= 0.3 is 11.9 Å². The Bertz CT molecular complexity index is 835. The van der Waals surface area contributed by atoms with E-state index < -0.39 is 73.4 Å². The molecule has 0 aromatic rings. The molecular formula is C21H29Cl5N2O7. The maximum Gasteiger partial charge on any atom is 0.352 e. The molecule has 3 N–H and O–H groups in total. The number of nitrogens with one attached hydrogen (secondary N) is 2. The minimum absolute atomic E-state index is 0.0699. The normalized spacial score (nSPS) is 19.2. The molecule has 200 valence electrons. The van der Waals surface area contributed by atoms with Gasteiger partial charge in [-0.25, -0.2) is 9.59 Å². The van der Waals surface area contributed by atoms with Crippen LogP contribution in [0.5, 0.6) is 0 Å². The van der Waals surface area contributed by atoms with Crippen molar-refractivity contribution in [2.75, 3.05) is 0 Å². The Morgan fingerprint density at radius 3 is 1.94 bits per heavy atom. The average Bonchev–Trinajstić information content (AvgIpc) is 2.69. The van der Waals surface area contributed by atoms with Crippen molar-refractivity contribution >= 4 is 81.8 Å². The van der Waals surface area contributed by atoms with E-state index in [4.69, 9.17) is 67.5 Å². The lowest BCUT2D eigenvalue weighted by atomic mass is 9.97. The number of carbonyl (C=O) groups excluding carboxylic acids is 4. The van der Waals surface area contributed by atoms with Crippen molar-refractivity contribution in [3.63, 3.8) is 0 Å². The van der Waals surface area contributed by atoms with Gasteiger partial charge in [0.05, 0.1) is 6.04 Å². The maximum absolute atomic E-state index is 13.2. The molecule has 0 bridgehead atoms. The van der Waals surface area contributed by atoms with E-state index in [1.54, 1.807) is 20.8 Å². The summed E-state index contributed by atoms with van der Waals surface area (Å²) in [6.45, 7) is 7.48. The molecule has 1 rings (SSSR count). The monoisotopic (exact) mass is 596 g/mol. The summed E-state index contributed by atoms with van der Waals surface area (Å²) in [6, 6.07) is -2.49. The molecule has 2 amide bonds. The molecule has 1 aliphatic heterocycles. The molecule has 1 aliphatic rings. The molecule has 0 unspecified atom stereocenters. The van der Waals surface area contributed by atoms with Gasteiger partial charge in [-0.3, -0.25) is 9.59 Å². The van der Waals surface area contributed by atoms with Crippen LogP contribution in [0.25, 0.3) is 0 Å². The quantitative estimate of drug-likeness (QED) is 0.113. The fourth-order valence-corrected chi connectivity index (χ4v) is 3.51. The van der Waals surface area contributed by atoms with Gasteiger partial charge in [-0.2, -0.15) is 0 Å². The van der Waals surface area contributed by atoms with Crippen LogP contribution in [-0.2, 0) is 28.7 Å². The zero-order valence-electron chi connectivity index (χ0n) is 19.8. The number of rotatable bonds is 10. The van der Waals surface area contributed by atoms with Gasteiger partial charge in [0.15, 0.2) is 9.37 Å². The average molecular weight is 599 g/mol. The minimum atomic E-state index is -1.72. The number of aliphatic hydroxyl groups excluding tert-OH is 1. The number of ether oxygens (including phenoxy) is 2. The number of esters is 2.